The zero-order chi connectivity index (χ0) is 13.5. The monoisotopic (exact) mass is 374 g/mol. The summed E-state index contributed by atoms with van der Waals surface area (Å²) >= 11 is 2.39. The quantitative estimate of drug-likeness (QED) is 0.587. The molecule has 0 saturated carbocycles. The summed E-state index contributed by atoms with van der Waals surface area (Å²) in [6.07, 6.45) is 9.68. The smallest absolute Gasteiger partial charge is 0.0569 e. The van der Waals surface area contributed by atoms with Gasteiger partial charge in [-0.25, -0.2) is 0 Å². The van der Waals surface area contributed by atoms with Crippen molar-refractivity contribution in [2.75, 3.05) is 5.32 Å². The van der Waals surface area contributed by atoms with E-state index in [1.807, 2.05) is 18.5 Å². The molecule has 3 atom stereocenters. The average molecular weight is 374 g/mol. The summed E-state index contributed by atoms with van der Waals surface area (Å²) in [6, 6.07) is 11.3. The number of allylic oxidation sites excluding steroid dienone is 2. The molecule has 1 aromatic carbocycles. The van der Waals surface area contributed by atoms with E-state index in [9.17, 15) is 0 Å². The molecule has 0 fully saturated rings. The van der Waals surface area contributed by atoms with Crippen LogP contribution in [0.2, 0.25) is 0 Å². The van der Waals surface area contributed by atoms with Crippen LogP contribution in [0.15, 0.2) is 54.9 Å². The lowest BCUT2D eigenvalue weighted by Crippen LogP contribution is -2.29. The van der Waals surface area contributed by atoms with Crippen LogP contribution in [0.25, 0.3) is 0 Å². The van der Waals surface area contributed by atoms with E-state index in [4.69, 9.17) is 0 Å². The average Bonchev–Trinajstić information content (AvgIpc) is 2.97. The van der Waals surface area contributed by atoms with Crippen LogP contribution in [0.1, 0.15) is 29.5 Å². The topological polar surface area (TPSA) is 24.9 Å². The van der Waals surface area contributed by atoms with Gasteiger partial charge in [0.1, 0.15) is 0 Å². The van der Waals surface area contributed by atoms with Crippen LogP contribution in [-0.2, 0) is 0 Å². The third kappa shape index (κ3) is 1.95. The lowest BCUT2D eigenvalue weighted by molar-refractivity contribution is 0.425. The van der Waals surface area contributed by atoms with Crippen LogP contribution in [0.4, 0.5) is 5.69 Å². The Morgan fingerprint density at radius 3 is 3.05 bits per heavy atom. The van der Waals surface area contributed by atoms with Crippen molar-refractivity contribution in [3.8, 4) is 0 Å². The molecule has 100 valence electrons. The number of pyridine rings is 1. The molecule has 1 aromatic heterocycles. The predicted molar refractivity (Wildman–Crippen MR) is 89.7 cm³/mol. The highest BCUT2D eigenvalue weighted by Crippen LogP contribution is 2.49. The van der Waals surface area contributed by atoms with Gasteiger partial charge in [0.2, 0.25) is 0 Å². The molecule has 2 aromatic rings. The van der Waals surface area contributed by atoms with Gasteiger partial charge in [-0.2, -0.15) is 0 Å². The van der Waals surface area contributed by atoms with Crippen molar-refractivity contribution in [3.63, 3.8) is 0 Å². The summed E-state index contributed by atoms with van der Waals surface area (Å²) in [4.78, 5) is 4.28. The van der Waals surface area contributed by atoms with E-state index < -0.39 is 0 Å². The van der Waals surface area contributed by atoms with Crippen LogP contribution in [0.3, 0.4) is 0 Å². The van der Waals surface area contributed by atoms with Crippen LogP contribution in [0.5, 0.6) is 0 Å². The Kier molecular flexibility index (Phi) is 3.02. The maximum absolute atomic E-state index is 4.28. The summed E-state index contributed by atoms with van der Waals surface area (Å²) in [5, 5.41) is 3.73. The van der Waals surface area contributed by atoms with Crippen molar-refractivity contribution >= 4 is 28.3 Å². The third-order valence-corrected chi connectivity index (χ3v) is 5.04. The number of benzene rings is 1. The van der Waals surface area contributed by atoms with Gasteiger partial charge >= 0.3 is 0 Å². The summed E-state index contributed by atoms with van der Waals surface area (Å²) in [5.41, 5.74) is 4.00. The first kappa shape index (κ1) is 12.4. The number of fused-ring (bicyclic) bond motifs is 3. The Labute approximate surface area is 132 Å². The molecule has 20 heavy (non-hydrogen) atoms. The van der Waals surface area contributed by atoms with E-state index >= 15 is 0 Å². The molecular weight excluding hydrogens is 359 g/mol. The van der Waals surface area contributed by atoms with Crippen LogP contribution in [-0.4, -0.2) is 4.98 Å². The Balaban J connectivity index is 1.80. The molecule has 1 N–H and O–H groups in total. The fraction of sp³-hybridized carbons (Fsp3) is 0.235. The highest BCUT2D eigenvalue weighted by Gasteiger charge is 2.37. The maximum Gasteiger partial charge on any atom is 0.0569 e. The Morgan fingerprint density at radius 1 is 1.25 bits per heavy atom. The zero-order valence-corrected chi connectivity index (χ0v) is 13.1. The lowest BCUT2D eigenvalue weighted by Gasteiger charge is -2.37. The molecule has 0 saturated heterocycles. The van der Waals surface area contributed by atoms with Crippen LogP contribution < -0.4 is 5.32 Å². The second kappa shape index (κ2) is 4.88. The van der Waals surface area contributed by atoms with Crippen molar-refractivity contribution in [3.05, 3.63) is 69.6 Å². The normalized spacial score (nSPS) is 26.8. The molecule has 4 rings (SSSR count). The van der Waals surface area contributed by atoms with Gasteiger partial charge in [0.25, 0.3) is 0 Å². The van der Waals surface area contributed by atoms with E-state index in [0.717, 1.165) is 6.42 Å². The van der Waals surface area contributed by atoms with Crippen molar-refractivity contribution in [2.45, 2.75) is 18.4 Å². The Bertz CT molecular complexity index is 666. The Hall–Kier alpha value is -1.36. The molecular formula is C17H15IN2. The van der Waals surface area contributed by atoms with Gasteiger partial charge in [-0.1, -0.05) is 18.2 Å². The molecule has 0 radical (unpaired) electrons. The highest BCUT2D eigenvalue weighted by molar-refractivity contribution is 14.1. The van der Waals surface area contributed by atoms with Gasteiger partial charge in [-0.15, -0.1) is 0 Å². The third-order valence-electron chi connectivity index (χ3n) is 4.37. The molecule has 2 heterocycles. The summed E-state index contributed by atoms with van der Waals surface area (Å²) in [5.74, 6) is 1.14. The van der Waals surface area contributed by atoms with Crippen molar-refractivity contribution in [2.24, 2.45) is 5.92 Å². The van der Waals surface area contributed by atoms with Crippen molar-refractivity contribution < 1.29 is 0 Å². The van der Waals surface area contributed by atoms with Crippen molar-refractivity contribution in [1.29, 1.82) is 0 Å². The second-order valence-corrected chi connectivity index (χ2v) is 6.74. The second-order valence-electron chi connectivity index (χ2n) is 5.49. The summed E-state index contributed by atoms with van der Waals surface area (Å²) in [6.45, 7) is 0. The molecule has 0 unspecified atom stereocenters. The van der Waals surface area contributed by atoms with Crippen molar-refractivity contribution in [1.82, 2.24) is 4.98 Å². The van der Waals surface area contributed by atoms with E-state index in [2.05, 4.69) is 69.3 Å². The standard InChI is InChI=1S/C17H15IN2/c18-12-6-7-16-15(9-12)13-4-1-5-14(13)17(20-16)11-3-2-8-19-10-11/h1-4,6-10,13-14,17,20H,5H2/t13-,14-,17-/m0/s1. The van der Waals surface area contributed by atoms with Gasteiger partial charge in [-0.3, -0.25) is 4.98 Å². The van der Waals surface area contributed by atoms with E-state index in [1.54, 1.807) is 0 Å². The highest BCUT2D eigenvalue weighted by atomic mass is 127. The van der Waals surface area contributed by atoms with Gasteiger partial charge in [0.15, 0.2) is 0 Å². The zero-order valence-electron chi connectivity index (χ0n) is 11.0. The molecule has 0 bridgehead atoms. The SMILES string of the molecule is Ic1ccc2c(c1)[C@H]1C=CC[C@@H]1[C@H](c1cccnc1)N2. The largest absolute Gasteiger partial charge is 0.378 e. The van der Waals surface area contributed by atoms with Crippen LogP contribution in [0, 0.1) is 9.49 Å². The fourth-order valence-corrected chi connectivity index (χ4v) is 3.97. The predicted octanol–water partition coefficient (Wildman–Crippen LogP) is 4.51. The van der Waals surface area contributed by atoms with E-state index in [-0.39, 0.29) is 0 Å². The molecule has 2 nitrogen and oxygen atoms in total. The summed E-state index contributed by atoms with van der Waals surface area (Å²) in [7, 11) is 0. The van der Waals surface area contributed by atoms with Gasteiger partial charge in [0.05, 0.1) is 6.04 Å². The number of nitrogens with zero attached hydrogens (tertiary/aromatic N) is 1. The number of halogens is 1. The lowest BCUT2D eigenvalue weighted by atomic mass is 9.77. The number of anilines is 1. The Morgan fingerprint density at radius 2 is 2.20 bits per heavy atom. The fourth-order valence-electron chi connectivity index (χ4n) is 3.46. The first-order chi connectivity index (χ1) is 9.83. The first-order valence-corrected chi connectivity index (χ1v) is 8.03. The summed E-state index contributed by atoms with van der Waals surface area (Å²) < 4.78 is 1.31. The number of nitrogens with one attached hydrogen (secondary N) is 1. The molecule has 3 heteroatoms. The van der Waals surface area contributed by atoms with Gasteiger partial charge in [0, 0.05) is 27.6 Å². The number of hydrogen-bond donors (Lipinski definition) is 1. The molecule has 1 aliphatic heterocycles. The van der Waals surface area contributed by atoms with Gasteiger partial charge < -0.3 is 5.32 Å². The van der Waals surface area contributed by atoms with Gasteiger partial charge in [-0.05, 0) is 70.3 Å². The molecule has 0 spiro atoms. The number of aromatic nitrogens is 1. The maximum atomic E-state index is 4.28. The molecule has 1 aliphatic carbocycles. The number of rotatable bonds is 1. The minimum absolute atomic E-state index is 0.358. The van der Waals surface area contributed by atoms with E-state index in [0.29, 0.717) is 17.9 Å². The first-order valence-electron chi connectivity index (χ1n) is 6.95. The number of hydrogen-bond acceptors (Lipinski definition) is 2. The van der Waals surface area contributed by atoms with Crippen LogP contribution >= 0.6 is 22.6 Å². The minimum Gasteiger partial charge on any atom is -0.378 e. The van der Waals surface area contributed by atoms with E-state index in [1.165, 1.54) is 20.4 Å². The molecule has 2 aliphatic rings. The minimum atomic E-state index is 0.358. The molecule has 0 amide bonds.